The average molecular weight is 260 g/mol. The van der Waals surface area contributed by atoms with Crippen molar-refractivity contribution in [2.45, 2.75) is 19.4 Å². The van der Waals surface area contributed by atoms with Crippen LogP contribution in [0.2, 0.25) is 5.02 Å². The van der Waals surface area contributed by atoms with E-state index >= 15 is 0 Å². The second kappa shape index (κ2) is 6.03. The van der Waals surface area contributed by atoms with Crippen LogP contribution in [-0.2, 0) is 6.42 Å². The van der Waals surface area contributed by atoms with E-state index in [4.69, 9.17) is 11.6 Å². The molecule has 0 fully saturated rings. The summed E-state index contributed by atoms with van der Waals surface area (Å²) in [5, 5.41) is 4.19. The largest absolute Gasteiger partial charge is 0.313 e. The predicted molar refractivity (Wildman–Crippen MR) is 78.1 cm³/mol. The fourth-order valence-corrected chi connectivity index (χ4v) is 2.25. The Labute approximate surface area is 114 Å². The van der Waals surface area contributed by atoms with E-state index < -0.39 is 0 Å². The Hall–Kier alpha value is -1.31. The summed E-state index contributed by atoms with van der Waals surface area (Å²) in [4.78, 5) is 0. The topological polar surface area (TPSA) is 12.0 Å². The first-order valence-electron chi connectivity index (χ1n) is 6.18. The predicted octanol–water partition coefficient (Wildman–Crippen LogP) is 4.15. The zero-order valence-electron chi connectivity index (χ0n) is 10.8. The molecule has 2 aromatic rings. The van der Waals surface area contributed by atoms with Crippen LogP contribution in [0.25, 0.3) is 0 Å². The van der Waals surface area contributed by atoms with Crippen LogP contribution in [0.15, 0.2) is 48.5 Å². The number of halogens is 1. The molecule has 0 aliphatic carbocycles. The third-order valence-corrected chi connectivity index (χ3v) is 3.64. The van der Waals surface area contributed by atoms with Gasteiger partial charge in [-0.3, -0.25) is 0 Å². The lowest BCUT2D eigenvalue weighted by Gasteiger charge is -2.17. The normalized spacial score (nSPS) is 12.4. The molecule has 2 aromatic carbocycles. The minimum Gasteiger partial charge on any atom is -0.313 e. The van der Waals surface area contributed by atoms with E-state index in [1.807, 2.05) is 20.0 Å². The van der Waals surface area contributed by atoms with Crippen LogP contribution in [0.1, 0.15) is 22.7 Å². The molecule has 2 heteroatoms. The lowest BCUT2D eigenvalue weighted by Crippen LogP contribution is -2.18. The zero-order valence-corrected chi connectivity index (χ0v) is 11.5. The van der Waals surface area contributed by atoms with Crippen molar-refractivity contribution in [2.75, 3.05) is 7.05 Å². The van der Waals surface area contributed by atoms with Crippen LogP contribution in [0.3, 0.4) is 0 Å². The summed E-state index contributed by atoms with van der Waals surface area (Å²) in [6.07, 6.45) is 0.969. The van der Waals surface area contributed by atoms with Gasteiger partial charge in [-0.05, 0) is 43.1 Å². The van der Waals surface area contributed by atoms with Gasteiger partial charge in [-0.15, -0.1) is 0 Å². The summed E-state index contributed by atoms with van der Waals surface area (Å²) in [7, 11) is 1.99. The second-order valence-corrected chi connectivity index (χ2v) is 4.95. The number of hydrogen-bond acceptors (Lipinski definition) is 1. The van der Waals surface area contributed by atoms with Crippen molar-refractivity contribution in [3.8, 4) is 0 Å². The number of rotatable bonds is 4. The molecule has 0 amide bonds. The summed E-state index contributed by atoms with van der Waals surface area (Å²) in [6, 6.07) is 17.1. The standard InChI is InChI=1S/C16H18ClN/c1-12-8-9-14(11-15(12)17)16(18-2)10-13-6-4-3-5-7-13/h3-9,11,16,18H,10H2,1-2H3. The average Bonchev–Trinajstić information content (AvgIpc) is 2.40. The third kappa shape index (κ3) is 3.12. The minimum atomic E-state index is 0.297. The van der Waals surface area contributed by atoms with Crippen molar-refractivity contribution >= 4 is 11.6 Å². The molecule has 2 rings (SSSR count). The summed E-state index contributed by atoms with van der Waals surface area (Å²) in [6.45, 7) is 2.03. The Morgan fingerprint density at radius 2 is 1.83 bits per heavy atom. The van der Waals surface area contributed by atoms with E-state index in [2.05, 4.69) is 47.8 Å². The molecule has 0 aliphatic rings. The third-order valence-electron chi connectivity index (χ3n) is 3.23. The fourth-order valence-electron chi connectivity index (χ4n) is 2.06. The maximum Gasteiger partial charge on any atom is 0.0438 e. The van der Waals surface area contributed by atoms with E-state index in [1.54, 1.807) is 0 Å². The Morgan fingerprint density at radius 3 is 2.44 bits per heavy atom. The molecule has 0 saturated carbocycles. The van der Waals surface area contributed by atoms with Crippen LogP contribution in [0.4, 0.5) is 0 Å². The molecule has 1 atom stereocenters. The maximum absolute atomic E-state index is 6.19. The maximum atomic E-state index is 6.19. The number of aryl methyl sites for hydroxylation is 1. The lowest BCUT2D eigenvalue weighted by molar-refractivity contribution is 0.592. The zero-order chi connectivity index (χ0) is 13.0. The van der Waals surface area contributed by atoms with Gasteiger partial charge in [-0.2, -0.15) is 0 Å². The number of hydrogen-bond donors (Lipinski definition) is 1. The minimum absolute atomic E-state index is 0.297. The molecule has 1 N–H and O–H groups in total. The quantitative estimate of drug-likeness (QED) is 0.870. The molecule has 0 heterocycles. The molecule has 0 aliphatic heterocycles. The molecular formula is C16H18ClN. The van der Waals surface area contributed by atoms with Gasteiger partial charge in [0.1, 0.15) is 0 Å². The van der Waals surface area contributed by atoms with E-state index in [0.29, 0.717) is 6.04 Å². The Balaban J connectivity index is 2.20. The summed E-state index contributed by atoms with van der Waals surface area (Å²) < 4.78 is 0. The van der Waals surface area contributed by atoms with Gasteiger partial charge in [-0.1, -0.05) is 54.1 Å². The van der Waals surface area contributed by atoms with Gasteiger partial charge in [-0.25, -0.2) is 0 Å². The van der Waals surface area contributed by atoms with Crippen LogP contribution >= 0.6 is 11.6 Å². The number of benzene rings is 2. The highest BCUT2D eigenvalue weighted by Gasteiger charge is 2.11. The number of likely N-dealkylation sites (N-methyl/N-ethyl adjacent to an activating group) is 1. The molecular weight excluding hydrogens is 242 g/mol. The summed E-state index contributed by atoms with van der Waals surface area (Å²) in [5.41, 5.74) is 3.68. The van der Waals surface area contributed by atoms with E-state index in [0.717, 1.165) is 17.0 Å². The first-order valence-corrected chi connectivity index (χ1v) is 6.55. The molecule has 1 unspecified atom stereocenters. The van der Waals surface area contributed by atoms with Gasteiger partial charge in [0.05, 0.1) is 0 Å². The van der Waals surface area contributed by atoms with Crippen molar-refractivity contribution in [2.24, 2.45) is 0 Å². The first-order chi connectivity index (χ1) is 8.70. The summed E-state index contributed by atoms with van der Waals surface area (Å²) >= 11 is 6.19. The SMILES string of the molecule is CNC(Cc1ccccc1)c1ccc(C)c(Cl)c1. The van der Waals surface area contributed by atoms with Crippen LogP contribution in [0, 0.1) is 6.92 Å². The molecule has 0 aromatic heterocycles. The fraction of sp³-hybridized carbons (Fsp3) is 0.250. The highest BCUT2D eigenvalue weighted by molar-refractivity contribution is 6.31. The summed E-state index contributed by atoms with van der Waals surface area (Å²) in [5.74, 6) is 0. The molecule has 18 heavy (non-hydrogen) atoms. The number of nitrogens with one attached hydrogen (secondary N) is 1. The highest BCUT2D eigenvalue weighted by Crippen LogP contribution is 2.23. The van der Waals surface area contributed by atoms with Crippen molar-refractivity contribution in [1.29, 1.82) is 0 Å². The Bertz CT molecular complexity index is 508. The van der Waals surface area contributed by atoms with Crippen molar-refractivity contribution < 1.29 is 0 Å². The van der Waals surface area contributed by atoms with Gasteiger partial charge >= 0.3 is 0 Å². The van der Waals surface area contributed by atoms with Gasteiger partial charge in [0.25, 0.3) is 0 Å². The van der Waals surface area contributed by atoms with Crippen LogP contribution in [0.5, 0.6) is 0 Å². The molecule has 0 bridgehead atoms. The molecule has 0 saturated heterocycles. The molecule has 94 valence electrons. The smallest absolute Gasteiger partial charge is 0.0438 e. The van der Waals surface area contributed by atoms with Crippen molar-refractivity contribution in [3.05, 3.63) is 70.2 Å². The van der Waals surface area contributed by atoms with E-state index in [-0.39, 0.29) is 0 Å². The monoisotopic (exact) mass is 259 g/mol. The second-order valence-electron chi connectivity index (χ2n) is 4.54. The van der Waals surface area contributed by atoms with Crippen LogP contribution in [-0.4, -0.2) is 7.05 Å². The molecule has 0 spiro atoms. The van der Waals surface area contributed by atoms with Gasteiger partial charge in [0, 0.05) is 11.1 Å². The van der Waals surface area contributed by atoms with Gasteiger partial charge in [0.15, 0.2) is 0 Å². The lowest BCUT2D eigenvalue weighted by atomic mass is 9.98. The molecule has 0 radical (unpaired) electrons. The Morgan fingerprint density at radius 1 is 1.11 bits per heavy atom. The van der Waals surface area contributed by atoms with Crippen LogP contribution < -0.4 is 5.32 Å². The van der Waals surface area contributed by atoms with Gasteiger partial charge < -0.3 is 5.32 Å². The van der Waals surface area contributed by atoms with Crippen molar-refractivity contribution in [1.82, 2.24) is 5.32 Å². The van der Waals surface area contributed by atoms with E-state index in [9.17, 15) is 0 Å². The Kier molecular flexibility index (Phi) is 4.40. The highest BCUT2D eigenvalue weighted by atomic mass is 35.5. The first kappa shape index (κ1) is 13.1. The van der Waals surface area contributed by atoms with Gasteiger partial charge in [0.2, 0.25) is 0 Å². The van der Waals surface area contributed by atoms with Crippen molar-refractivity contribution in [3.63, 3.8) is 0 Å². The van der Waals surface area contributed by atoms with E-state index in [1.165, 1.54) is 11.1 Å². The molecule has 1 nitrogen and oxygen atoms in total.